The first kappa shape index (κ1) is 23.4. The average molecular weight is 463 g/mol. The number of rotatable bonds is 8. The number of piperidine rings is 1. The highest BCUT2D eigenvalue weighted by molar-refractivity contribution is 5.92. The highest BCUT2D eigenvalue weighted by Crippen LogP contribution is 2.27. The van der Waals surface area contributed by atoms with E-state index in [1.54, 1.807) is 32.4 Å². The number of nitrogens with one attached hydrogen (secondary N) is 1. The van der Waals surface area contributed by atoms with Crippen LogP contribution in [-0.2, 0) is 4.79 Å². The van der Waals surface area contributed by atoms with E-state index >= 15 is 0 Å². The fourth-order valence-corrected chi connectivity index (χ4v) is 3.82. The van der Waals surface area contributed by atoms with Crippen LogP contribution in [0.1, 0.15) is 19.8 Å². The molecular formula is C26H30N4O4. The van der Waals surface area contributed by atoms with Crippen molar-refractivity contribution in [2.45, 2.75) is 19.8 Å². The molecule has 0 bridgehead atoms. The first-order valence-electron chi connectivity index (χ1n) is 11.4. The predicted octanol–water partition coefficient (Wildman–Crippen LogP) is 4.41. The highest BCUT2D eigenvalue weighted by Gasteiger charge is 2.17. The maximum Gasteiger partial charge on any atom is 0.262 e. The van der Waals surface area contributed by atoms with Crippen LogP contribution in [0, 0.1) is 5.92 Å². The lowest BCUT2D eigenvalue weighted by molar-refractivity contribution is -0.118. The van der Waals surface area contributed by atoms with E-state index in [1.165, 1.54) is 12.8 Å². The van der Waals surface area contributed by atoms with Gasteiger partial charge in [-0.3, -0.25) is 4.79 Å². The molecule has 0 aliphatic carbocycles. The Morgan fingerprint density at radius 1 is 0.941 bits per heavy atom. The number of nitrogens with zero attached hydrogens (tertiary/aromatic N) is 3. The van der Waals surface area contributed by atoms with Crippen molar-refractivity contribution in [2.75, 3.05) is 44.1 Å². The number of carbonyl (C=O) groups is 1. The Balaban J connectivity index is 1.31. The molecule has 8 nitrogen and oxygen atoms in total. The lowest BCUT2D eigenvalue weighted by Crippen LogP contribution is -2.33. The van der Waals surface area contributed by atoms with Gasteiger partial charge < -0.3 is 24.4 Å². The molecule has 3 aromatic rings. The van der Waals surface area contributed by atoms with Gasteiger partial charge in [0, 0.05) is 42.5 Å². The largest absolute Gasteiger partial charge is 0.496 e. The number of hydrogen-bond donors (Lipinski definition) is 1. The molecule has 8 heteroatoms. The molecule has 34 heavy (non-hydrogen) atoms. The molecule has 1 saturated heterocycles. The van der Waals surface area contributed by atoms with Crippen molar-refractivity contribution in [3.8, 4) is 28.5 Å². The van der Waals surface area contributed by atoms with Gasteiger partial charge in [-0.1, -0.05) is 19.1 Å². The van der Waals surface area contributed by atoms with Crippen LogP contribution in [0.2, 0.25) is 0 Å². The second-order valence-electron chi connectivity index (χ2n) is 8.41. The van der Waals surface area contributed by atoms with E-state index in [-0.39, 0.29) is 12.5 Å². The fraction of sp³-hybridized carbons (Fsp3) is 0.346. The van der Waals surface area contributed by atoms with Gasteiger partial charge in [0.15, 0.2) is 12.4 Å². The standard InChI is InChI=1S/C26H30N4O4/c1-18-10-12-30(13-11-18)25-9-8-24(28-29-25)19-4-6-20(7-5-19)27-26(31)17-34-23-15-21(32-2)14-22(16-23)33-3/h4-9,14-16,18H,10-13,17H2,1-3H3,(H,27,31). The normalized spacial score (nSPS) is 13.9. The Kier molecular flexibility index (Phi) is 7.47. The molecule has 0 unspecified atom stereocenters. The number of methoxy groups -OCH3 is 2. The zero-order valence-electron chi connectivity index (χ0n) is 19.8. The van der Waals surface area contributed by atoms with Crippen LogP contribution in [0.5, 0.6) is 17.2 Å². The molecule has 178 valence electrons. The summed E-state index contributed by atoms with van der Waals surface area (Å²) >= 11 is 0. The molecule has 0 radical (unpaired) electrons. The Hall–Kier alpha value is -3.81. The van der Waals surface area contributed by atoms with E-state index in [2.05, 4.69) is 27.3 Å². The molecule has 0 saturated carbocycles. The van der Waals surface area contributed by atoms with Crippen LogP contribution < -0.4 is 24.4 Å². The Labute approximate surface area is 199 Å². The van der Waals surface area contributed by atoms with Gasteiger partial charge in [0.25, 0.3) is 5.91 Å². The van der Waals surface area contributed by atoms with Crippen LogP contribution >= 0.6 is 0 Å². The van der Waals surface area contributed by atoms with Crippen molar-refractivity contribution < 1.29 is 19.0 Å². The monoisotopic (exact) mass is 462 g/mol. The number of carbonyl (C=O) groups excluding carboxylic acids is 1. The SMILES string of the molecule is COc1cc(OC)cc(OCC(=O)Nc2ccc(-c3ccc(N4CCC(C)CC4)nn3)cc2)c1. The van der Waals surface area contributed by atoms with Crippen molar-refractivity contribution in [3.05, 3.63) is 54.6 Å². The summed E-state index contributed by atoms with van der Waals surface area (Å²) in [5.74, 6) is 3.10. The summed E-state index contributed by atoms with van der Waals surface area (Å²) in [4.78, 5) is 14.6. The van der Waals surface area contributed by atoms with Gasteiger partial charge in [0.2, 0.25) is 0 Å². The second kappa shape index (κ2) is 10.9. The second-order valence-corrected chi connectivity index (χ2v) is 8.41. The third-order valence-corrected chi connectivity index (χ3v) is 5.92. The van der Waals surface area contributed by atoms with Crippen LogP contribution in [0.25, 0.3) is 11.3 Å². The lowest BCUT2D eigenvalue weighted by Gasteiger charge is -2.30. The smallest absolute Gasteiger partial charge is 0.262 e. The van der Waals surface area contributed by atoms with Crippen molar-refractivity contribution in [1.29, 1.82) is 0 Å². The van der Waals surface area contributed by atoms with Gasteiger partial charge >= 0.3 is 0 Å². The first-order chi connectivity index (χ1) is 16.5. The zero-order chi connectivity index (χ0) is 23.9. The number of aromatic nitrogens is 2. The van der Waals surface area contributed by atoms with Crippen LogP contribution in [0.4, 0.5) is 11.5 Å². The van der Waals surface area contributed by atoms with E-state index in [0.29, 0.717) is 22.9 Å². The highest BCUT2D eigenvalue weighted by atomic mass is 16.5. The van der Waals surface area contributed by atoms with Gasteiger partial charge in [0.05, 0.1) is 19.9 Å². The lowest BCUT2D eigenvalue weighted by atomic mass is 9.99. The molecule has 2 aromatic carbocycles. The van der Waals surface area contributed by atoms with E-state index < -0.39 is 0 Å². The number of anilines is 2. The molecule has 2 heterocycles. The Bertz CT molecular complexity index is 1070. The van der Waals surface area contributed by atoms with Crippen LogP contribution in [0.3, 0.4) is 0 Å². The molecular weight excluding hydrogens is 432 g/mol. The third-order valence-electron chi connectivity index (χ3n) is 5.92. The van der Waals surface area contributed by atoms with Gasteiger partial charge in [-0.25, -0.2) is 0 Å². The average Bonchev–Trinajstić information content (AvgIpc) is 2.88. The van der Waals surface area contributed by atoms with Crippen LogP contribution in [-0.4, -0.2) is 50.0 Å². The Morgan fingerprint density at radius 2 is 1.59 bits per heavy atom. The summed E-state index contributed by atoms with van der Waals surface area (Å²) in [6, 6.07) is 16.6. The van der Waals surface area contributed by atoms with Crippen molar-refractivity contribution in [1.82, 2.24) is 10.2 Å². The topological polar surface area (TPSA) is 85.8 Å². The number of hydrogen-bond acceptors (Lipinski definition) is 7. The molecule has 0 spiro atoms. The summed E-state index contributed by atoms with van der Waals surface area (Å²) in [7, 11) is 3.12. The summed E-state index contributed by atoms with van der Waals surface area (Å²) in [5, 5.41) is 11.7. The minimum Gasteiger partial charge on any atom is -0.496 e. The summed E-state index contributed by atoms with van der Waals surface area (Å²) < 4.78 is 16.0. The van der Waals surface area contributed by atoms with Crippen molar-refractivity contribution in [2.24, 2.45) is 5.92 Å². The predicted molar refractivity (Wildman–Crippen MR) is 132 cm³/mol. The van der Waals surface area contributed by atoms with E-state index in [1.807, 2.05) is 36.4 Å². The number of benzene rings is 2. The molecule has 1 aliphatic heterocycles. The van der Waals surface area contributed by atoms with Crippen LogP contribution in [0.15, 0.2) is 54.6 Å². The van der Waals surface area contributed by atoms with Gasteiger partial charge in [0.1, 0.15) is 17.2 Å². The van der Waals surface area contributed by atoms with Crippen molar-refractivity contribution in [3.63, 3.8) is 0 Å². The molecule has 0 atom stereocenters. The number of amides is 1. The quantitative estimate of drug-likeness (QED) is 0.530. The molecule has 1 fully saturated rings. The molecule has 1 aliphatic rings. The number of ether oxygens (including phenoxy) is 3. The van der Waals surface area contributed by atoms with Crippen molar-refractivity contribution >= 4 is 17.4 Å². The van der Waals surface area contributed by atoms with Gasteiger partial charge in [-0.15, -0.1) is 10.2 Å². The minimum absolute atomic E-state index is 0.139. The summed E-state index contributed by atoms with van der Waals surface area (Å²) in [5.41, 5.74) is 2.40. The molecule has 1 N–H and O–H groups in total. The van der Waals surface area contributed by atoms with E-state index in [0.717, 1.165) is 36.1 Å². The van der Waals surface area contributed by atoms with Gasteiger partial charge in [-0.2, -0.15) is 0 Å². The summed E-state index contributed by atoms with van der Waals surface area (Å²) in [6.45, 7) is 4.21. The maximum absolute atomic E-state index is 12.3. The maximum atomic E-state index is 12.3. The minimum atomic E-state index is -0.269. The van der Waals surface area contributed by atoms with E-state index in [4.69, 9.17) is 14.2 Å². The molecule has 4 rings (SSSR count). The molecule has 1 amide bonds. The molecule has 1 aromatic heterocycles. The Morgan fingerprint density at radius 3 is 2.18 bits per heavy atom. The van der Waals surface area contributed by atoms with E-state index in [9.17, 15) is 4.79 Å². The summed E-state index contributed by atoms with van der Waals surface area (Å²) in [6.07, 6.45) is 2.38. The first-order valence-corrected chi connectivity index (χ1v) is 11.4. The van der Waals surface area contributed by atoms with Gasteiger partial charge in [-0.05, 0) is 43.0 Å². The third kappa shape index (κ3) is 5.95. The zero-order valence-corrected chi connectivity index (χ0v) is 19.8. The fourth-order valence-electron chi connectivity index (χ4n) is 3.82.